The predicted molar refractivity (Wildman–Crippen MR) is 98.3 cm³/mol. The number of Topliss-reactive ketones (excluding diaryl/α,β-unsaturated/α-hetero) is 4. The molecule has 0 saturated heterocycles. The quantitative estimate of drug-likeness (QED) is 0.392. The fourth-order valence-corrected chi connectivity index (χ4v) is 3.46. The van der Waals surface area contributed by atoms with Crippen LogP contribution < -0.4 is 0 Å². The fraction of sp³-hybridized carbons (Fsp3) is 0.765. The average molecular weight is 361 g/mol. The Kier molecular flexibility index (Phi) is 14.5. The van der Waals surface area contributed by atoms with Crippen LogP contribution >= 0.6 is 23.5 Å². The minimum atomic E-state index is 0.0313. The number of rotatable bonds is 16. The number of thioether (sulfide) groups is 2. The smallest absolute Gasteiger partial charge is 0.142 e. The van der Waals surface area contributed by atoms with Crippen molar-refractivity contribution in [3.8, 4) is 0 Å². The van der Waals surface area contributed by atoms with E-state index in [0.717, 1.165) is 12.2 Å². The Hall–Kier alpha value is -0.620. The van der Waals surface area contributed by atoms with Crippen molar-refractivity contribution in [2.45, 2.75) is 58.8 Å². The average Bonchev–Trinajstić information content (AvgIpc) is 2.50. The Morgan fingerprint density at radius 2 is 1.26 bits per heavy atom. The van der Waals surface area contributed by atoms with Crippen molar-refractivity contribution in [1.29, 1.82) is 0 Å². The first-order valence-corrected chi connectivity index (χ1v) is 10.5. The van der Waals surface area contributed by atoms with Crippen LogP contribution in [0.1, 0.15) is 58.8 Å². The highest BCUT2D eigenvalue weighted by Gasteiger charge is 2.08. The molecule has 0 saturated carbocycles. The molecule has 0 N–H and O–H groups in total. The summed E-state index contributed by atoms with van der Waals surface area (Å²) in [5, 5.41) is 0. The normalized spacial score (nSPS) is 10.5. The number of hydrogen-bond acceptors (Lipinski definition) is 6. The Morgan fingerprint density at radius 3 is 1.78 bits per heavy atom. The van der Waals surface area contributed by atoms with Crippen LogP contribution in [0.15, 0.2) is 0 Å². The fourth-order valence-electron chi connectivity index (χ4n) is 1.77. The van der Waals surface area contributed by atoms with E-state index in [0.29, 0.717) is 55.8 Å². The van der Waals surface area contributed by atoms with Crippen LogP contribution in [0.5, 0.6) is 0 Å². The summed E-state index contributed by atoms with van der Waals surface area (Å²) in [6.45, 7) is 3.57. The molecule has 0 heterocycles. The van der Waals surface area contributed by atoms with Crippen LogP contribution in [-0.2, 0) is 19.2 Å². The van der Waals surface area contributed by atoms with Crippen molar-refractivity contribution in [1.82, 2.24) is 0 Å². The lowest BCUT2D eigenvalue weighted by molar-refractivity contribution is -0.123. The summed E-state index contributed by atoms with van der Waals surface area (Å²) in [6.07, 6.45) is 3.66. The maximum absolute atomic E-state index is 11.7. The van der Waals surface area contributed by atoms with Crippen molar-refractivity contribution >= 4 is 46.7 Å². The summed E-state index contributed by atoms with van der Waals surface area (Å²) in [7, 11) is 0. The van der Waals surface area contributed by atoms with Crippen molar-refractivity contribution < 1.29 is 19.2 Å². The first kappa shape index (κ1) is 22.4. The van der Waals surface area contributed by atoms with Crippen LogP contribution in [-0.4, -0.2) is 46.1 Å². The largest absolute Gasteiger partial charge is 0.300 e. The van der Waals surface area contributed by atoms with Gasteiger partial charge in [0.1, 0.15) is 23.1 Å². The molecule has 0 bridgehead atoms. The third kappa shape index (κ3) is 16.0. The maximum Gasteiger partial charge on any atom is 0.142 e. The standard InChI is InChI=1S/C17H28O4S2/c1-3-10-22-12-16(20)5-4-6-17(21)13-23-11-9-15(19)8-7-14(2)18/h3-13H2,1-2H3. The molecule has 0 spiro atoms. The minimum Gasteiger partial charge on any atom is -0.300 e. The molecule has 0 unspecified atom stereocenters. The van der Waals surface area contributed by atoms with Crippen molar-refractivity contribution in [2.24, 2.45) is 0 Å². The molecule has 0 fully saturated rings. The lowest BCUT2D eigenvalue weighted by atomic mass is 10.1. The minimum absolute atomic E-state index is 0.0313. The monoisotopic (exact) mass is 360 g/mol. The zero-order valence-electron chi connectivity index (χ0n) is 14.2. The van der Waals surface area contributed by atoms with Gasteiger partial charge in [-0.15, -0.1) is 0 Å². The van der Waals surface area contributed by atoms with Crippen LogP contribution in [0.3, 0.4) is 0 Å². The van der Waals surface area contributed by atoms with Gasteiger partial charge < -0.3 is 4.79 Å². The van der Waals surface area contributed by atoms with Gasteiger partial charge in [-0.05, 0) is 25.5 Å². The van der Waals surface area contributed by atoms with Gasteiger partial charge in [-0.1, -0.05) is 6.92 Å². The van der Waals surface area contributed by atoms with E-state index in [2.05, 4.69) is 6.92 Å². The summed E-state index contributed by atoms with van der Waals surface area (Å²) in [5.74, 6) is 3.05. The summed E-state index contributed by atoms with van der Waals surface area (Å²) in [4.78, 5) is 45.4. The summed E-state index contributed by atoms with van der Waals surface area (Å²) in [6, 6.07) is 0. The molecule has 0 amide bonds. The Labute approximate surface area is 147 Å². The second kappa shape index (κ2) is 14.9. The molecule has 0 atom stereocenters. The van der Waals surface area contributed by atoms with E-state index >= 15 is 0 Å². The molecule has 0 aromatic carbocycles. The first-order valence-electron chi connectivity index (χ1n) is 8.15. The molecule has 6 heteroatoms. The van der Waals surface area contributed by atoms with Crippen LogP contribution in [0, 0.1) is 0 Å². The first-order chi connectivity index (χ1) is 11.0. The van der Waals surface area contributed by atoms with E-state index in [1.54, 1.807) is 11.8 Å². The van der Waals surface area contributed by atoms with Crippen LogP contribution in [0.2, 0.25) is 0 Å². The summed E-state index contributed by atoms with van der Waals surface area (Å²) >= 11 is 3.11. The molecule has 4 nitrogen and oxygen atoms in total. The second-order valence-electron chi connectivity index (χ2n) is 5.53. The van der Waals surface area contributed by atoms with E-state index in [9.17, 15) is 19.2 Å². The third-order valence-corrected chi connectivity index (χ3v) is 5.31. The van der Waals surface area contributed by atoms with Gasteiger partial charge in [0.2, 0.25) is 0 Å². The van der Waals surface area contributed by atoms with Gasteiger partial charge in [-0.25, -0.2) is 0 Å². The summed E-state index contributed by atoms with van der Waals surface area (Å²) in [5.41, 5.74) is 0. The van der Waals surface area contributed by atoms with Crippen molar-refractivity contribution in [3.05, 3.63) is 0 Å². The molecule has 0 rings (SSSR count). The van der Waals surface area contributed by atoms with Gasteiger partial charge in [0, 0.05) is 37.9 Å². The lowest BCUT2D eigenvalue weighted by Crippen LogP contribution is -2.07. The molecule has 0 aromatic heterocycles. The van der Waals surface area contributed by atoms with Gasteiger partial charge in [0.05, 0.1) is 11.5 Å². The Balaban J connectivity index is 3.51. The molecule has 0 aliphatic heterocycles. The van der Waals surface area contributed by atoms with E-state index in [4.69, 9.17) is 0 Å². The van der Waals surface area contributed by atoms with Gasteiger partial charge in [0.15, 0.2) is 0 Å². The van der Waals surface area contributed by atoms with Crippen LogP contribution in [0.4, 0.5) is 0 Å². The molecule has 0 aliphatic carbocycles. The second-order valence-corrected chi connectivity index (χ2v) is 7.74. The van der Waals surface area contributed by atoms with Crippen molar-refractivity contribution in [3.63, 3.8) is 0 Å². The highest BCUT2D eigenvalue weighted by atomic mass is 32.2. The highest BCUT2D eigenvalue weighted by molar-refractivity contribution is 8.00. The molecule has 0 aromatic rings. The topological polar surface area (TPSA) is 68.3 Å². The number of ketones is 4. The van der Waals surface area contributed by atoms with Gasteiger partial charge in [-0.2, -0.15) is 23.5 Å². The number of carbonyl (C=O) groups is 4. The van der Waals surface area contributed by atoms with E-state index in [1.165, 1.54) is 18.7 Å². The summed E-state index contributed by atoms with van der Waals surface area (Å²) < 4.78 is 0. The van der Waals surface area contributed by atoms with Crippen LogP contribution in [0.25, 0.3) is 0 Å². The number of hydrogen-bond donors (Lipinski definition) is 0. The van der Waals surface area contributed by atoms with E-state index in [-0.39, 0.29) is 23.1 Å². The molecule has 0 radical (unpaired) electrons. The lowest BCUT2D eigenvalue weighted by Gasteiger charge is -2.02. The molecular weight excluding hydrogens is 332 g/mol. The highest BCUT2D eigenvalue weighted by Crippen LogP contribution is 2.10. The molecular formula is C17H28O4S2. The predicted octanol–water partition coefficient (Wildman–Crippen LogP) is 3.50. The van der Waals surface area contributed by atoms with E-state index < -0.39 is 0 Å². The molecule has 23 heavy (non-hydrogen) atoms. The molecule has 0 aliphatic rings. The SMILES string of the molecule is CCCSCC(=O)CCCC(=O)CSCCC(=O)CCC(C)=O. The van der Waals surface area contributed by atoms with E-state index in [1.807, 2.05) is 0 Å². The molecule has 132 valence electrons. The van der Waals surface area contributed by atoms with Gasteiger partial charge >= 0.3 is 0 Å². The zero-order chi connectivity index (χ0) is 17.5. The Morgan fingerprint density at radius 1 is 0.696 bits per heavy atom. The Bertz CT molecular complexity index is 394. The zero-order valence-corrected chi connectivity index (χ0v) is 15.9. The van der Waals surface area contributed by atoms with Crippen molar-refractivity contribution in [2.75, 3.05) is 23.0 Å². The van der Waals surface area contributed by atoms with Gasteiger partial charge in [-0.3, -0.25) is 14.4 Å². The number of carbonyl (C=O) groups excluding carboxylic acids is 4. The third-order valence-electron chi connectivity index (χ3n) is 3.07. The van der Waals surface area contributed by atoms with Gasteiger partial charge in [0.25, 0.3) is 0 Å². The maximum atomic E-state index is 11.7.